The van der Waals surface area contributed by atoms with Gasteiger partial charge in [-0.3, -0.25) is 0 Å². The largest absolute Gasteiger partial charge is 0.508 e. The molecule has 1 heteroatoms. The lowest BCUT2D eigenvalue weighted by atomic mass is 9.99. The van der Waals surface area contributed by atoms with E-state index in [1.807, 2.05) is 19.9 Å². The van der Waals surface area contributed by atoms with Gasteiger partial charge in [-0.15, -0.1) is 0 Å². The van der Waals surface area contributed by atoms with Gasteiger partial charge in [-0.2, -0.15) is 0 Å². The molecule has 1 aromatic rings. The van der Waals surface area contributed by atoms with Gasteiger partial charge in [0.05, 0.1) is 0 Å². The highest BCUT2D eigenvalue weighted by Gasteiger charge is 2.12. The number of phenolic OH excluding ortho intramolecular Hbond substituents is 1. The zero-order valence-electron chi connectivity index (χ0n) is 7.39. The fraction of sp³-hybridized carbons (Fsp3) is 0.273. The SMILES string of the molecule is Cc1cc(O)c(C)c2c1CC=C2. The van der Waals surface area contributed by atoms with Crippen LogP contribution in [0.1, 0.15) is 22.3 Å². The van der Waals surface area contributed by atoms with E-state index in [-0.39, 0.29) is 0 Å². The van der Waals surface area contributed by atoms with Gasteiger partial charge < -0.3 is 5.11 Å². The molecule has 1 aliphatic rings. The molecule has 0 aliphatic heterocycles. The predicted molar refractivity (Wildman–Crippen MR) is 50.3 cm³/mol. The number of rotatable bonds is 0. The smallest absolute Gasteiger partial charge is 0.119 e. The molecule has 0 radical (unpaired) electrons. The predicted octanol–water partition coefficient (Wildman–Crippen LogP) is 2.58. The molecule has 0 atom stereocenters. The van der Waals surface area contributed by atoms with Gasteiger partial charge in [-0.1, -0.05) is 12.2 Å². The van der Waals surface area contributed by atoms with E-state index >= 15 is 0 Å². The van der Waals surface area contributed by atoms with Gasteiger partial charge in [0.1, 0.15) is 5.75 Å². The van der Waals surface area contributed by atoms with Crippen molar-refractivity contribution in [3.63, 3.8) is 0 Å². The lowest BCUT2D eigenvalue weighted by Crippen LogP contribution is -1.91. The van der Waals surface area contributed by atoms with Gasteiger partial charge in [-0.05, 0) is 48.6 Å². The molecule has 0 spiro atoms. The molecular formula is C11H12O. The van der Waals surface area contributed by atoms with Gasteiger partial charge in [0, 0.05) is 0 Å². The summed E-state index contributed by atoms with van der Waals surface area (Å²) in [4.78, 5) is 0. The number of allylic oxidation sites excluding steroid dienone is 1. The first-order chi connectivity index (χ1) is 5.70. The first kappa shape index (κ1) is 7.41. The highest BCUT2D eigenvalue weighted by molar-refractivity contribution is 5.67. The number of aryl methyl sites for hydroxylation is 1. The molecule has 12 heavy (non-hydrogen) atoms. The average molecular weight is 160 g/mol. The molecule has 2 rings (SSSR count). The van der Waals surface area contributed by atoms with E-state index in [0.717, 1.165) is 12.0 Å². The molecule has 1 nitrogen and oxygen atoms in total. The Labute approximate surface area is 72.4 Å². The van der Waals surface area contributed by atoms with E-state index in [2.05, 4.69) is 12.2 Å². The topological polar surface area (TPSA) is 20.2 Å². The number of hydrogen-bond acceptors (Lipinski definition) is 1. The van der Waals surface area contributed by atoms with Crippen LogP contribution in [0.5, 0.6) is 5.75 Å². The van der Waals surface area contributed by atoms with Crippen LogP contribution in [0.25, 0.3) is 6.08 Å². The van der Waals surface area contributed by atoms with Crippen LogP contribution in [0.15, 0.2) is 12.1 Å². The van der Waals surface area contributed by atoms with Crippen molar-refractivity contribution < 1.29 is 5.11 Å². The number of benzene rings is 1. The van der Waals surface area contributed by atoms with Gasteiger partial charge in [0.25, 0.3) is 0 Å². The van der Waals surface area contributed by atoms with Gasteiger partial charge in [0.2, 0.25) is 0 Å². The van der Waals surface area contributed by atoms with Crippen LogP contribution in [0, 0.1) is 13.8 Å². The van der Waals surface area contributed by atoms with Crippen LogP contribution in [0.3, 0.4) is 0 Å². The standard InChI is InChI=1S/C11H12O/c1-7-6-11(12)8(2)10-5-3-4-9(7)10/h3,5-6,12H,4H2,1-2H3. The number of hydrogen-bond donors (Lipinski definition) is 1. The van der Waals surface area contributed by atoms with Crippen LogP contribution in [-0.4, -0.2) is 5.11 Å². The Hall–Kier alpha value is -1.24. The Kier molecular flexibility index (Phi) is 1.47. The lowest BCUT2D eigenvalue weighted by Gasteiger charge is -2.08. The Morgan fingerprint density at radius 2 is 2.08 bits per heavy atom. The van der Waals surface area contributed by atoms with Gasteiger partial charge >= 0.3 is 0 Å². The van der Waals surface area contributed by atoms with Crippen LogP contribution < -0.4 is 0 Å². The molecule has 0 fully saturated rings. The Bertz CT molecular complexity index is 362. The quantitative estimate of drug-likeness (QED) is 0.618. The van der Waals surface area contributed by atoms with E-state index in [0.29, 0.717) is 5.75 Å². The van der Waals surface area contributed by atoms with Crippen LogP contribution in [0.4, 0.5) is 0 Å². The average Bonchev–Trinajstić information content (AvgIpc) is 2.48. The van der Waals surface area contributed by atoms with Crippen molar-refractivity contribution in [3.05, 3.63) is 34.4 Å². The normalized spacial score (nSPS) is 13.5. The second kappa shape index (κ2) is 2.37. The molecular weight excluding hydrogens is 148 g/mol. The first-order valence-corrected chi connectivity index (χ1v) is 4.18. The minimum Gasteiger partial charge on any atom is -0.508 e. The third-order valence-electron chi connectivity index (χ3n) is 2.55. The van der Waals surface area contributed by atoms with Gasteiger partial charge in [-0.25, -0.2) is 0 Å². The minimum atomic E-state index is 0.415. The summed E-state index contributed by atoms with van der Waals surface area (Å²) in [7, 11) is 0. The molecule has 0 heterocycles. The van der Waals surface area contributed by atoms with E-state index < -0.39 is 0 Å². The maximum atomic E-state index is 9.53. The molecule has 1 N–H and O–H groups in total. The Morgan fingerprint density at radius 1 is 1.33 bits per heavy atom. The van der Waals surface area contributed by atoms with Crippen molar-refractivity contribution in [1.29, 1.82) is 0 Å². The maximum absolute atomic E-state index is 9.53. The molecule has 62 valence electrons. The van der Waals surface area contributed by atoms with E-state index in [9.17, 15) is 5.11 Å². The Morgan fingerprint density at radius 3 is 2.83 bits per heavy atom. The van der Waals surface area contributed by atoms with Crippen LogP contribution in [-0.2, 0) is 6.42 Å². The van der Waals surface area contributed by atoms with Crippen molar-refractivity contribution in [3.8, 4) is 5.75 Å². The lowest BCUT2D eigenvalue weighted by molar-refractivity contribution is 0.470. The number of fused-ring (bicyclic) bond motifs is 1. The minimum absolute atomic E-state index is 0.415. The monoisotopic (exact) mass is 160 g/mol. The highest BCUT2D eigenvalue weighted by Crippen LogP contribution is 2.31. The van der Waals surface area contributed by atoms with Crippen molar-refractivity contribution in [2.24, 2.45) is 0 Å². The first-order valence-electron chi connectivity index (χ1n) is 4.18. The second-order valence-electron chi connectivity index (χ2n) is 3.34. The summed E-state index contributed by atoms with van der Waals surface area (Å²) in [6, 6.07) is 1.85. The van der Waals surface area contributed by atoms with E-state index in [4.69, 9.17) is 0 Å². The molecule has 0 saturated heterocycles. The fourth-order valence-corrected chi connectivity index (χ4v) is 1.77. The summed E-state index contributed by atoms with van der Waals surface area (Å²) in [6.45, 7) is 4.01. The van der Waals surface area contributed by atoms with Crippen molar-refractivity contribution >= 4 is 6.08 Å². The molecule has 0 amide bonds. The van der Waals surface area contributed by atoms with Crippen molar-refractivity contribution in [1.82, 2.24) is 0 Å². The highest BCUT2D eigenvalue weighted by atomic mass is 16.3. The molecule has 0 aromatic heterocycles. The molecule has 0 unspecified atom stereocenters. The molecule has 1 aliphatic carbocycles. The van der Waals surface area contributed by atoms with E-state index in [1.165, 1.54) is 16.7 Å². The van der Waals surface area contributed by atoms with Crippen molar-refractivity contribution in [2.45, 2.75) is 20.3 Å². The summed E-state index contributed by atoms with van der Waals surface area (Å²) in [5.74, 6) is 0.415. The van der Waals surface area contributed by atoms with Gasteiger partial charge in [0.15, 0.2) is 0 Å². The molecule has 1 aromatic carbocycles. The summed E-state index contributed by atoms with van der Waals surface area (Å²) < 4.78 is 0. The number of aromatic hydroxyl groups is 1. The zero-order chi connectivity index (χ0) is 8.72. The maximum Gasteiger partial charge on any atom is 0.119 e. The van der Waals surface area contributed by atoms with E-state index in [1.54, 1.807) is 0 Å². The van der Waals surface area contributed by atoms with Crippen LogP contribution in [0.2, 0.25) is 0 Å². The summed E-state index contributed by atoms with van der Waals surface area (Å²) >= 11 is 0. The van der Waals surface area contributed by atoms with Crippen molar-refractivity contribution in [2.75, 3.05) is 0 Å². The third-order valence-corrected chi connectivity index (χ3v) is 2.55. The number of phenols is 1. The fourth-order valence-electron chi connectivity index (χ4n) is 1.77. The zero-order valence-corrected chi connectivity index (χ0v) is 7.39. The van der Waals surface area contributed by atoms with Crippen LogP contribution >= 0.6 is 0 Å². The second-order valence-corrected chi connectivity index (χ2v) is 3.34. The summed E-state index contributed by atoms with van der Waals surface area (Å²) in [5, 5.41) is 9.53. The summed E-state index contributed by atoms with van der Waals surface area (Å²) in [6.07, 6.45) is 5.25. The molecule has 0 bridgehead atoms. The Balaban J connectivity index is 2.75. The molecule has 0 saturated carbocycles. The summed E-state index contributed by atoms with van der Waals surface area (Å²) in [5.41, 5.74) is 4.78. The third kappa shape index (κ3) is 0.860.